The zero-order valence-corrected chi connectivity index (χ0v) is 16.4. The Labute approximate surface area is 176 Å². The smallest absolute Gasteiger partial charge is 0.256 e. The number of hydrogen-bond acceptors (Lipinski definition) is 5. The average Bonchev–Trinajstić information content (AvgIpc) is 3.46. The lowest BCUT2D eigenvalue weighted by Gasteiger charge is -2.38. The molecular formula is C21H20ClN5O2. The molecule has 1 saturated heterocycles. The number of pyridine rings is 1. The highest BCUT2D eigenvalue weighted by Gasteiger charge is 2.52. The highest BCUT2D eigenvalue weighted by molar-refractivity contribution is 6.30. The molecule has 148 valence electrons. The Hall–Kier alpha value is -2.93. The highest BCUT2D eigenvalue weighted by Crippen LogP contribution is 2.44. The second-order valence-electron chi connectivity index (χ2n) is 7.22. The van der Waals surface area contributed by atoms with Gasteiger partial charge in [-0.15, -0.1) is 0 Å². The quantitative estimate of drug-likeness (QED) is 0.658. The summed E-state index contributed by atoms with van der Waals surface area (Å²) in [5.41, 5.74) is 1.04. The van der Waals surface area contributed by atoms with Crippen LogP contribution in [-0.2, 0) is 0 Å². The summed E-state index contributed by atoms with van der Waals surface area (Å²) in [5.74, 6) is -0.248. The molecule has 1 saturated carbocycles. The van der Waals surface area contributed by atoms with E-state index in [2.05, 4.69) is 15.2 Å². The van der Waals surface area contributed by atoms with Gasteiger partial charge in [-0.3, -0.25) is 4.79 Å². The van der Waals surface area contributed by atoms with Gasteiger partial charge in [0.2, 0.25) is 5.88 Å². The maximum Gasteiger partial charge on any atom is 0.256 e. The zero-order valence-electron chi connectivity index (χ0n) is 17.6. The summed E-state index contributed by atoms with van der Waals surface area (Å²) in [6.45, 7) is 1.89. The fourth-order valence-corrected chi connectivity index (χ4v) is 4.30. The summed E-state index contributed by atoms with van der Waals surface area (Å²) >= 11 is 5.90. The second-order valence-corrected chi connectivity index (χ2v) is 7.65. The van der Waals surface area contributed by atoms with Crippen LogP contribution in [0.1, 0.15) is 32.8 Å². The molecule has 1 aliphatic heterocycles. The van der Waals surface area contributed by atoms with Crippen LogP contribution in [0.15, 0.2) is 55.0 Å². The number of rotatable bonds is 4. The van der Waals surface area contributed by atoms with E-state index < -0.39 is 18.5 Å². The number of nitrogens with zero attached hydrogens (tertiary/aromatic N) is 5. The lowest BCUT2D eigenvalue weighted by Crippen LogP contribution is -2.51. The predicted octanol–water partition coefficient (Wildman–Crippen LogP) is 3.39. The number of carbonyl (C=O) groups excluding carboxylic acids is 1. The first kappa shape index (κ1) is 15.9. The number of carbonyl (C=O) groups is 1. The molecule has 2 bridgehead atoms. The first-order chi connectivity index (χ1) is 14.9. The molecule has 1 aliphatic carbocycles. The Kier molecular flexibility index (Phi) is 3.93. The molecule has 29 heavy (non-hydrogen) atoms. The topological polar surface area (TPSA) is 73.1 Å². The predicted molar refractivity (Wildman–Crippen MR) is 107 cm³/mol. The third kappa shape index (κ3) is 3.15. The molecular weight excluding hydrogens is 390 g/mol. The van der Waals surface area contributed by atoms with Crippen LogP contribution in [0.4, 0.5) is 0 Å². The van der Waals surface area contributed by atoms with Crippen LogP contribution in [0.5, 0.6) is 5.88 Å². The van der Waals surface area contributed by atoms with Crippen molar-refractivity contribution in [3.63, 3.8) is 0 Å². The van der Waals surface area contributed by atoms with E-state index in [1.54, 1.807) is 47.6 Å². The van der Waals surface area contributed by atoms with Gasteiger partial charge in [0.15, 0.2) is 0 Å². The van der Waals surface area contributed by atoms with E-state index in [9.17, 15) is 4.79 Å². The molecule has 1 amide bonds. The lowest BCUT2D eigenvalue weighted by atomic mass is 9.98. The van der Waals surface area contributed by atoms with Crippen molar-refractivity contribution in [3.8, 4) is 11.6 Å². The largest absolute Gasteiger partial charge is 0.472 e. The molecule has 2 aliphatic rings. The second kappa shape index (κ2) is 7.15. The molecule has 0 radical (unpaired) electrons. The molecule has 2 aromatic heterocycles. The molecule has 0 N–H and O–H groups in total. The Bertz CT molecular complexity index is 1110. The van der Waals surface area contributed by atoms with Crippen molar-refractivity contribution in [1.82, 2.24) is 24.9 Å². The molecule has 1 aromatic carbocycles. The number of benzene rings is 1. The monoisotopic (exact) mass is 411 g/mol. The van der Waals surface area contributed by atoms with Gasteiger partial charge in [0.25, 0.3) is 5.91 Å². The van der Waals surface area contributed by atoms with E-state index in [-0.39, 0.29) is 23.7 Å². The van der Waals surface area contributed by atoms with Crippen molar-refractivity contribution >= 4 is 17.5 Å². The number of aromatic nitrogens is 4. The van der Waals surface area contributed by atoms with Crippen LogP contribution < -0.4 is 4.74 Å². The number of hydrogen-bond donors (Lipinski definition) is 0. The Balaban J connectivity index is 1.48. The van der Waals surface area contributed by atoms with Gasteiger partial charge in [-0.25, -0.2) is 4.98 Å². The highest BCUT2D eigenvalue weighted by atomic mass is 35.5. The Morgan fingerprint density at radius 1 is 1.24 bits per heavy atom. The van der Waals surface area contributed by atoms with Crippen LogP contribution >= 0.6 is 11.6 Å². The van der Waals surface area contributed by atoms with Gasteiger partial charge in [0, 0.05) is 21.0 Å². The van der Waals surface area contributed by atoms with Gasteiger partial charge in [-0.05, 0) is 43.8 Å². The normalized spacial score (nSPS) is 28.1. The SMILES string of the molecule is [2H]C1([2H])[C@H]2C[C@@H]([C@@H]1Oc1ccc(Cl)cn1)N(C(=O)c1ccccc1-n1nccn1)[C@@H]2C. The van der Waals surface area contributed by atoms with Gasteiger partial charge in [-0.2, -0.15) is 15.0 Å². The number of para-hydroxylation sites is 1. The third-order valence-corrected chi connectivity index (χ3v) is 5.78. The van der Waals surface area contributed by atoms with Crippen LogP contribution in [0.3, 0.4) is 0 Å². The van der Waals surface area contributed by atoms with Gasteiger partial charge in [0.1, 0.15) is 6.10 Å². The molecule has 8 heteroatoms. The number of ether oxygens (including phenoxy) is 1. The number of fused-ring (bicyclic) bond motifs is 2. The van der Waals surface area contributed by atoms with E-state index in [0.29, 0.717) is 22.7 Å². The van der Waals surface area contributed by atoms with Crippen molar-refractivity contribution < 1.29 is 12.3 Å². The fourth-order valence-electron chi connectivity index (χ4n) is 4.18. The fraction of sp³-hybridized carbons (Fsp3) is 0.333. The van der Waals surface area contributed by atoms with Crippen LogP contribution in [0, 0.1) is 5.92 Å². The van der Waals surface area contributed by atoms with Gasteiger partial charge >= 0.3 is 0 Å². The van der Waals surface area contributed by atoms with Gasteiger partial charge in [0.05, 0.1) is 34.7 Å². The number of likely N-dealkylation sites (tertiary alicyclic amines) is 1. The zero-order chi connectivity index (χ0) is 21.8. The summed E-state index contributed by atoms with van der Waals surface area (Å²) in [4.78, 5) is 21.0. The van der Waals surface area contributed by atoms with E-state index in [1.165, 1.54) is 11.0 Å². The molecule has 2 fully saturated rings. The van der Waals surface area contributed by atoms with Crippen molar-refractivity contribution in [2.24, 2.45) is 5.92 Å². The molecule has 7 nitrogen and oxygen atoms in total. The summed E-state index contributed by atoms with van der Waals surface area (Å²) in [7, 11) is 0. The molecule has 3 aromatic rings. The summed E-state index contributed by atoms with van der Waals surface area (Å²) in [6, 6.07) is 9.71. The third-order valence-electron chi connectivity index (χ3n) is 5.55. The maximum atomic E-state index is 13.7. The lowest BCUT2D eigenvalue weighted by molar-refractivity contribution is 0.0314. The molecule has 0 unspecified atom stereocenters. The average molecular weight is 412 g/mol. The molecule has 5 rings (SSSR count). The maximum absolute atomic E-state index is 13.7. The Morgan fingerprint density at radius 2 is 2.03 bits per heavy atom. The minimum atomic E-state index is -1.59. The van der Waals surface area contributed by atoms with E-state index >= 15 is 0 Å². The minimum absolute atomic E-state index is 0.193. The van der Waals surface area contributed by atoms with E-state index in [4.69, 9.17) is 19.1 Å². The number of piperidine rings is 1. The first-order valence-electron chi connectivity index (χ1n) is 10.4. The van der Waals surface area contributed by atoms with Crippen LogP contribution in [0.25, 0.3) is 5.69 Å². The van der Waals surface area contributed by atoms with Crippen molar-refractivity contribution in [3.05, 3.63) is 65.6 Å². The summed E-state index contributed by atoms with van der Waals surface area (Å²) < 4.78 is 23.3. The molecule has 4 atom stereocenters. The Morgan fingerprint density at radius 3 is 2.76 bits per heavy atom. The summed E-state index contributed by atoms with van der Waals surface area (Å²) in [6.07, 6.45) is 2.67. The van der Waals surface area contributed by atoms with Crippen molar-refractivity contribution in [2.45, 2.75) is 37.9 Å². The van der Waals surface area contributed by atoms with Crippen LogP contribution in [0.2, 0.25) is 5.02 Å². The van der Waals surface area contributed by atoms with Crippen LogP contribution in [-0.4, -0.2) is 49.0 Å². The number of halogens is 1. The van der Waals surface area contributed by atoms with Crippen molar-refractivity contribution in [1.29, 1.82) is 0 Å². The minimum Gasteiger partial charge on any atom is -0.472 e. The van der Waals surface area contributed by atoms with Gasteiger partial charge < -0.3 is 9.64 Å². The molecule has 0 spiro atoms. The standard InChI is InChI=1S/C21H20ClN5O2/c1-13-14-10-18(19(11-14)29-20-7-6-15(22)12-23-20)26(13)21(28)16-4-2-3-5-17(16)27-24-8-9-25-27/h2-9,12-14,18-19H,10-11H2,1H3/t13-,14-,18+,19-/m1/s1/i11D2. The van der Waals surface area contributed by atoms with E-state index in [0.717, 1.165) is 0 Å². The summed E-state index contributed by atoms with van der Waals surface area (Å²) in [5, 5.41) is 8.78. The first-order valence-corrected chi connectivity index (χ1v) is 9.82. The molecule has 3 heterocycles. The van der Waals surface area contributed by atoms with Gasteiger partial charge in [-0.1, -0.05) is 23.7 Å². The number of amides is 1. The van der Waals surface area contributed by atoms with E-state index in [1.807, 2.05) is 13.0 Å². The van der Waals surface area contributed by atoms with Crippen molar-refractivity contribution in [2.75, 3.05) is 0 Å².